The van der Waals surface area contributed by atoms with Crippen molar-refractivity contribution in [2.75, 3.05) is 17.3 Å². The number of anilines is 2. The van der Waals surface area contributed by atoms with E-state index < -0.39 is 15.9 Å². The van der Waals surface area contributed by atoms with Gasteiger partial charge >= 0.3 is 0 Å². The number of rotatable bonds is 7. The van der Waals surface area contributed by atoms with Crippen molar-refractivity contribution >= 4 is 33.2 Å². The largest absolute Gasteiger partial charge is 0.322 e. The summed E-state index contributed by atoms with van der Waals surface area (Å²) in [5.41, 5.74) is 1.26. The van der Waals surface area contributed by atoms with Crippen LogP contribution in [0.4, 0.5) is 11.4 Å². The molecule has 0 radical (unpaired) electrons. The Hall–Kier alpha value is -2.71. The van der Waals surface area contributed by atoms with Crippen LogP contribution < -0.4 is 14.9 Å². The second-order valence-corrected chi connectivity index (χ2v) is 9.28. The van der Waals surface area contributed by atoms with Crippen molar-refractivity contribution in [1.29, 1.82) is 0 Å². The first-order valence-electron chi connectivity index (χ1n) is 9.65. The summed E-state index contributed by atoms with van der Waals surface area (Å²) < 4.78 is 27.4. The highest BCUT2D eigenvalue weighted by Crippen LogP contribution is 2.33. The number of carbonyl (C=O) groups excluding carboxylic acids is 2. The van der Waals surface area contributed by atoms with E-state index in [0.717, 1.165) is 25.7 Å². The quantitative estimate of drug-likeness (QED) is 0.730. The van der Waals surface area contributed by atoms with E-state index in [4.69, 9.17) is 0 Å². The van der Waals surface area contributed by atoms with E-state index in [0.29, 0.717) is 16.9 Å². The van der Waals surface area contributed by atoms with Crippen LogP contribution in [0.15, 0.2) is 53.4 Å². The van der Waals surface area contributed by atoms with Crippen molar-refractivity contribution in [2.24, 2.45) is 5.92 Å². The van der Waals surface area contributed by atoms with Gasteiger partial charge in [-0.3, -0.25) is 9.59 Å². The standard InChI is InChI=1S/C21H23N3O4S/c1-24(21(26)14-9-10-14)19-8-3-2-7-18(19)20(25)22-16-5-4-6-17(13-16)29(27,28)23-15-11-12-15/h2-8,13-15,23H,9-12H2,1H3,(H,22,25). The van der Waals surface area contributed by atoms with Crippen LogP contribution in [0.5, 0.6) is 0 Å². The number of nitrogens with one attached hydrogen (secondary N) is 2. The normalized spacial score (nSPS) is 16.3. The number of para-hydroxylation sites is 1. The van der Waals surface area contributed by atoms with Gasteiger partial charge in [0.15, 0.2) is 0 Å². The summed E-state index contributed by atoms with van der Waals surface area (Å²) in [5.74, 6) is -0.359. The minimum absolute atomic E-state index is 0.00416. The molecule has 29 heavy (non-hydrogen) atoms. The molecule has 2 aromatic carbocycles. The van der Waals surface area contributed by atoms with Gasteiger partial charge in [-0.25, -0.2) is 13.1 Å². The summed E-state index contributed by atoms with van der Waals surface area (Å²) in [6, 6.07) is 13.0. The van der Waals surface area contributed by atoms with Gasteiger partial charge in [0.25, 0.3) is 5.91 Å². The molecule has 0 spiro atoms. The summed E-state index contributed by atoms with van der Waals surface area (Å²) >= 11 is 0. The van der Waals surface area contributed by atoms with Crippen LogP contribution in [-0.4, -0.2) is 33.3 Å². The molecule has 4 rings (SSSR count). The molecule has 2 fully saturated rings. The summed E-state index contributed by atoms with van der Waals surface area (Å²) in [6.45, 7) is 0. The van der Waals surface area contributed by atoms with Gasteiger partial charge in [0.1, 0.15) is 0 Å². The third-order valence-corrected chi connectivity index (χ3v) is 6.59. The molecule has 0 heterocycles. The lowest BCUT2D eigenvalue weighted by Crippen LogP contribution is -2.30. The zero-order valence-electron chi connectivity index (χ0n) is 16.1. The van der Waals surface area contributed by atoms with Crippen LogP contribution in [0.3, 0.4) is 0 Å². The molecule has 2 saturated carbocycles. The lowest BCUT2D eigenvalue weighted by Gasteiger charge is -2.20. The van der Waals surface area contributed by atoms with E-state index in [1.54, 1.807) is 43.4 Å². The number of nitrogens with zero attached hydrogens (tertiary/aromatic N) is 1. The molecule has 0 bridgehead atoms. The smallest absolute Gasteiger partial charge is 0.257 e. The molecule has 2 aromatic rings. The van der Waals surface area contributed by atoms with Crippen molar-refractivity contribution in [3.8, 4) is 0 Å². The van der Waals surface area contributed by atoms with E-state index in [9.17, 15) is 18.0 Å². The molecule has 0 aliphatic heterocycles. The molecule has 2 aliphatic rings. The summed E-state index contributed by atoms with van der Waals surface area (Å²) in [4.78, 5) is 26.9. The van der Waals surface area contributed by atoms with Gasteiger partial charge in [0.2, 0.25) is 15.9 Å². The Balaban J connectivity index is 1.54. The number of hydrogen-bond acceptors (Lipinski definition) is 4. The molecule has 2 N–H and O–H groups in total. The van der Waals surface area contributed by atoms with Crippen LogP contribution >= 0.6 is 0 Å². The maximum absolute atomic E-state index is 12.9. The summed E-state index contributed by atoms with van der Waals surface area (Å²) in [5, 5.41) is 2.75. The van der Waals surface area contributed by atoms with E-state index in [-0.39, 0.29) is 22.8 Å². The molecule has 0 atom stereocenters. The third-order valence-electron chi connectivity index (χ3n) is 5.07. The first-order valence-corrected chi connectivity index (χ1v) is 11.1. The Bertz CT molecular complexity index is 1060. The average Bonchev–Trinajstić information content (AvgIpc) is 3.61. The van der Waals surface area contributed by atoms with Crippen LogP contribution in [0.1, 0.15) is 36.0 Å². The topological polar surface area (TPSA) is 95.6 Å². The molecule has 7 nitrogen and oxygen atoms in total. The lowest BCUT2D eigenvalue weighted by atomic mass is 10.1. The fourth-order valence-electron chi connectivity index (χ4n) is 3.11. The molecule has 0 unspecified atom stereocenters. The van der Waals surface area contributed by atoms with Crippen molar-refractivity contribution < 1.29 is 18.0 Å². The van der Waals surface area contributed by atoms with Crippen molar-refractivity contribution in [3.05, 3.63) is 54.1 Å². The Labute approximate surface area is 170 Å². The van der Waals surface area contributed by atoms with E-state index >= 15 is 0 Å². The van der Waals surface area contributed by atoms with E-state index in [1.807, 2.05) is 0 Å². The van der Waals surface area contributed by atoms with Crippen LogP contribution in [0.2, 0.25) is 0 Å². The highest BCUT2D eigenvalue weighted by atomic mass is 32.2. The van der Waals surface area contributed by atoms with Gasteiger partial charge in [-0.2, -0.15) is 0 Å². The fraction of sp³-hybridized carbons (Fsp3) is 0.333. The Morgan fingerprint density at radius 3 is 2.41 bits per heavy atom. The predicted molar refractivity (Wildman–Crippen MR) is 110 cm³/mol. The number of benzene rings is 2. The molecular weight excluding hydrogens is 390 g/mol. The third kappa shape index (κ3) is 4.49. The SMILES string of the molecule is CN(C(=O)C1CC1)c1ccccc1C(=O)Nc1cccc(S(=O)(=O)NC2CC2)c1. The number of hydrogen-bond donors (Lipinski definition) is 2. The number of sulfonamides is 1. The van der Waals surface area contributed by atoms with Crippen LogP contribution in [0, 0.1) is 5.92 Å². The van der Waals surface area contributed by atoms with Crippen molar-refractivity contribution in [2.45, 2.75) is 36.6 Å². The maximum atomic E-state index is 12.9. The zero-order valence-corrected chi connectivity index (χ0v) is 16.9. The minimum Gasteiger partial charge on any atom is -0.322 e. The van der Waals surface area contributed by atoms with Crippen molar-refractivity contribution in [1.82, 2.24) is 4.72 Å². The Morgan fingerprint density at radius 2 is 1.72 bits per heavy atom. The van der Waals surface area contributed by atoms with Gasteiger partial charge in [0, 0.05) is 24.7 Å². The molecule has 0 aromatic heterocycles. The van der Waals surface area contributed by atoms with Gasteiger partial charge in [-0.1, -0.05) is 18.2 Å². The molecule has 2 aliphatic carbocycles. The first kappa shape index (κ1) is 19.6. The second kappa shape index (κ2) is 7.61. The Morgan fingerprint density at radius 1 is 1.00 bits per heavy atom. The minimum atomic E-state index is -3.61. The highest BCUT2D eigenvalue weighted by molar-refractivity contribution is 7.89. The van der Waals surface area contributed by atoms with E-state index in [1.165, 1.54) is 17.0 Å². The van der Waals surface area contributed by atoms with E-state index in [2.05, 4.69) is 10.0 Å². The Kier molecular flexibility index (Phi) is 5.14. The van der Waals surface area contributed by atoms with Gasteiger partial charge in [0.05, 0.1) is 16.1 Å². The van der Waals surface area contributed by atoms with Crippen LogP contribution in [0.25, 0.3) is 0 Å². The predicted octanol–water partition coefficient (Wildman–Crippen LogP) is 2.75. The fourth-order valence-corrected chi connectivity index (χ4v) is 4.46. The monoisotopic (exact) mass is 413 g/mol. The van der Waals surface area contributed by atoms with Gasteiger partial charge in [-0.15, -0.1) is 0 Å². The number of carbonyl (C=O) groups is 2. The van der Waals surface area contributed by atoms with Crippen LogP contribution in [-0.2, 0) is 14.8 Å². The maximum Gasteiger partial charge on any atom is 0.257 e. The highest BCUT2D eigenvalue weighted by Gasteiger charge is 2.33. The van der Waals surface area contributed by atoms with Gasteiger partial charge < -0.3 is 10.2 Å². The zero-order chi connectivity index (χ0) is 20.6. The average molecular weight is 413 g/mol. The second-order valence-electron chi connectivity index (χ2n) is 7.57. The lowest BCUT2D eigenvalue weighted by molar-refractivity contribution is -0.119. The molecular formula is C21H23N3O4S. The number of amides is 2. The summed E-state index contributed by atoms with van der Waals surface area (Å²) in [6.07, 6.45) is 3.46. The first-order chi connectivity index (χ1) is 13.8. The molecule has 8 heteroatoms. The molecule has 152 valence electrons. The molecule has 2 amide bonds. The summed E-state index contributed by atoms with van der Waals surface area (Å²) in [7, 11) is -1.94. The van der Waals surface area contributed by atoms with Crippen molar-refractivity contribution in [3.63, 3.8) is 0 Å². The van der Waals surface area contributed by atoms with Gasteiger partial charge in [-0.05, 0) is 56.0 Å². The molecule has 0 saturated heterocycles.